The van der Waals surface area contributed by atoms with E-state index in [1.54, 1.807) is 4.90 Å². The first kappa shape index (κ1) is 35.2. The largest absolute Gasteiger partial charge is 1.00 e. The van der Waals surface area contributed by atoms with E-state index in [4.69, 9.17) is 47.2 Å². The Morgan fingerprint density at radius 3 is 2.36 bits per heavy atom. The van der Waals surface area contributed by atoms with Crippen molar-refractivity contribution in [3.8, 4) is 5.75 Å². The van der Waals surface area contributed by atoms with Crippen LogP contribution in [-0.2, 0) is 11.0 Å². The summed E-state index contributed by atoms with van der Waals surface area (Å²) < 4.78 is 14.3. The zero-order valence-corrected chi connectivity index (χ0v) is 27.6. The molecule has 192 valence electrons. The summed E-state index contributed by atoms with van der Waals surface area (Å²) in [6.45, 7) is 3.15. The number of aliphatic hydroxyl groups excluding tert-OH is 1. The van der Waals surface area contributed by atoms with Crippen LogP contribution in [0.5, 0.6) is 5.75 Å². The van der Waals surface area contributed by atoms with Crippen LogP contribution < -0.4 is 73.6 Å². The molecule has 0 radical (unpaired) electrons. The van der Waals surface area contributed by atoms with E-state index in [9.17, 15) is 9.90 Å². The summed E-state index contributed by atoms with van der Waals surface area (Å²) in [5.41, 5.74) is 2.82. The first-order valence-electron chi connectivity index (χ1n) is 11.6. The van der Waals surface area contributed by atoms with E-state index in [-0.39, 0.29) is 70.6 Å². The molecule has 0 saturated heterocycles. The number of benzene rings is 1. The summed E-state index contributed by atoms with van der Waals surface area (Å²) in [5, 5.41) is 10.5. The minimum atomic E-state index is -5.14. The molecule has 1 aromatic carbocycles. The molecule has 2 fully saturated rings. The fraction of sp³-hybridized carbons (Fsp3) is 0.696. The van der Waals surface area contributed by atoms with Gasteiger partial charge >= 0.3 is 65.2 Å². The number of carbonyl (C=O) groups excluding carboxylic acids is 1. The fourth-order valence-electron chi connectivity index (χ4n) is 6.26. The van der Waals surface area contributed by atoms with Gasteiger partial charge in [-0.1, -0.05) is 13.0 Å². The molecule has 1 aromatic rings. The second kappa shape index (κ2) is 15.2. The quantitative estimate of drug-likeness (QED) is 0.215. The Balaban J connectivity index is 0.000000846. The van der Waals surface area contributed by atoms with Crippen LogP contribution in [0.2, 0.25) is 0 Å². The molecule has 3 aliphatic carbocycles. The van der Waals surface area contributed by atoms with Crippen molar-refractivity contribution in [2.24, 2.45) is 17.3 Å². The molecule has 36 heavy (non-hydrogen) atoms. The Morgan fingerprint density at radius 2 is 1.78 bits per heavy atom. The van der Waals surface area contributed by atoms with Gasteiger partial charge in [-0.15, -0.1) is 23.2 Å². The van der Waals surface area contributed by atoms with Crippen molar-refractivity contribution in [1.29, 1.82) is 0 Å². The number of rotatable bonds is 5. The van der Waals surface area contributed by atoms with Crippen LogP contribution in [0.1, 0.15) is 56.1 Å². The number of ether oxygens (including phenoxy) is 1. The average molecular weight is 582 g/mol. The molecular formula is C23H32Cl2NNa2O7P. The standard InChI is InChI=1S/C23H31Cl2NO3.2Na.H3O4P/c1-23-9-8-18-17-5-3-16(29-22(28)26(12-10-24)13-11-25)14-15(17)2-4-19(18)20(23)6-7-21(23)27;;;1-5(2,3)4/h3,5,14,18-21,27H,2,4,6-13H2,1H3;;;(H3,1,2,3,4)/q;2*+1;/p-2/t18-,19-,20+,21+,23+;;;/m1.../s1. The van der Waals surface area contributed by atoms with Crippen LogP contribution in [0.4, 0.5) is 4.79 Å². The Labute approximate surface area is 267 Å². The summed E-state index contributed by atoms with van der Waals surface area (Å²) in [7, 11) is -5.14. The van der Waals surface area contributed by atoms with Crippen LogP contribution in [-0.4, -0.2) is 51.9 Å². The van der Waals surface area contributed by atoms with E-state index in [2.05, 4.69) is 13.0 Å². The first-order valence-corrected chi connectivity index (χ1v) is 14.2. The summed E-state index contributed by atoms with van der Waals surface area (Å²) in [4.78, 5) is 38.3. The van der Waals surface area contributed by atoms with Crippen molar-refractivity contribution in [3.63, 3.8) is 0 Å². The number of hydrogen-bond acceptors (Lipinski definition) is 6. The van der Waals surface area contributed by atoms with Crippen molar-refractivity contribution in [2.75, 3.05) is 24.8 Å². The van der Waals surface area contributed by atoms with E-state index in [1.807, 2.05) is 12.1 Å². The molecule has 0 spiro atoms. The third kappa shape index (κ3) is 8.82. The molecule has 0 unspecified atom stereocenters. The third-order valence-corrected chi connectivity index (χ3v) is 8.16. The Hall–Kier alpha value is 1.14. The molecule has 0 aliphatic heterocycles. The summed E-state index contributed by atoms with van der Waals surface area (Å²) >= 11 is 11.6. The second-order valence-electron chi connectivity index (χ2n) is 9.62. The Kier molecular flexibility index (Phi) is 14.9. The molecule has 2 saturated carbocycles. The molecule has 13 heteroatoms. The zero-order valence-electron chi connectivity index (χ0n) is 21.2. The Bertz CT molecular complexity index is 910. The van der Waals surface area contributed by atoms with Crippen LogP contribution >= 0.6 is 31.0 Å². The number of amides is 1. The van der Waals surface area contributed by atoms with Crippen molar-refractivity contribution in [2.45, 2.75) is 57.5 Å². The molecule has 0 aromatic heterocycles. The van der Waals surface area contributed by atoms with Gasteiger partial charge in [0.05, 0.1) is 13.9 Å². The molecule has 4 rings (SSSR count). The second-order valence-corrected chi connectivity index (χ2v) is 11.3. The van der Waals surface area contributed by atoms with Crippen LogP contribution in [0, 0.1) is 17.3 Å². The molecule has 0 heterocycles. The number of aryl methyl sites for hydroxylation is 1. The van der Waals surface area contributed by atoms with Gasteiger partial charge in [-0.25, -0.2) is 4.79 Å². The predicted molar refractivity (Wildman–Crippen MR) is 126 cm³/mol. The normalized spacial score (nSPS) is 28.1. The van der Waals surface area contributed by atoms with Crippen molar-refractivity contribution in [3.05, 3.63) is 29.3 Å². The van der Waals surface area contributed by atoms with Gasteiger partial charge in [-0.05, 0) is 85.0 Å². The van der Waals surface area contributed by atoms with Gasteiger partial charge in [-0.3, -0.25) is 0 Å². The number of nitrogens with zero attached hydrogens (tertiary/aromatic N) is 1. The SMILES string of the molecule is C[C@]12CC[C@@H]3c4ccc(OC(=O)N(CCCl)CCCl)cc4CC[C@H]3[C@@H]1CC[C@@H]2O.O=P([O-])([O-])O.[Na+].[Na+]. The molecule has 8 nitrogen and oxygen atoms in total. The van der Waals surface area contributed by atoms with Crippen LogP contribution in [0.25, 0.3) is 0 Å². The monoisotopic (exact) mass is 581 g/mol. The van der Waals surface area contributed by atoms with Crippen molar-refractivity contribution in [1.82, 2.24) is 4.90 Å². The van der Waals surface area contributed by atoms with Crippen molar-refractivity contribution >= 4 is 37.1 Å². The Morgan fingerprint density at radius 1 is 1.17 bits per heavy atom. The van der Waals surface area contributed by atoms with Gasteiger partial charge in [-0.2, -0.15) is 0 Å². The molecule has 0 bridgehead atoms. The smallest absolute Gasteiger partial charge is 0.790 e. The van der Waals surface area contributed by atoms with Gasteiger partial charge in [0.15, 0.2) is 0 Å². The van der Waals surface area contributed by atoms with E-state index in [0.717, 1.165) is 38.5 Å². The van der Waals surface area contributed by atoms with Crippen LogP contribution in [0.15, 0.2) is 18.2 Å². The maximum atomic E-state index is 12.4. The fourth-order valence-corrected chi connectivity index (χ4v) is 6.67. The topological polar surface area (TPSA) is 133 Å². The number of fused-ring (bicyclic) bond motifs is 5. The third-order valence-electron chi connectivity index (χ3n) is 7.82. The number of hydrogen-bond donors (Lipinski definition) is 2. The summed E-state index contributed by atoms with van der Waals surface area (Å²) in [5.74, 6) is 3.16. The van der Waals surface area contributed by atoms with Gasteiger partial charge in [0.25, 0.3) is 0 Å². The minimum Gasteiger partial charge on any atom is -0.790 e. The number of aliphatic hydroxyl groups is 1. The predicted octanol–water partition coefficient (Wildman–Crippen LogP) is -3.00. The number of alkyl halides is 2. The van der Waals surface area contributed by atoms with Gasteiger partial charge < -0.3 is 34.0 Å². The van der Waals surface area contributed by atoms with E-state index in [0.29, 0.717) is 48.4 Å². The van der Waals surface area contributed by atoms with Gasteiger partial charge in [0.1, 0.15) is 5.75 Å². The molecule has 2 N–H and O–H groups in total. The van der Waals surface area contributed by atoms with E-state index in [1.165, 1.54) is 11.1 Å². The van der Waals surface area contributed by atoms with Crippen LogP contribution in [0.3, 0.4) is 0 Å². The molecule has 5 atom stereocenters. The number of carbonyl (C=O) groups is 1. The van der Waals surface area contributed by atoms with Gasteiger partial charge in [0.2, 0.25) is 0 Å². The molecule has 1 amide bonds. The number of halogens is 2. The van der Waals surface area contributed by atoms with E-state index >= 15 is 0 Å². The molecule has 3 aliphatic rings. The maximum absolute atomic E-state index is 12.4. The van der Waals surface area contributed by atoms with Crippen molar-refractivity contribution < 1.29 is 93.0 Å². The number of phosphoric acid groups is 1. The zero-order chi connectivity index (χ0) is 25.1. The summed E-state index contributed by atoms with van der Waals surface area (Å²) in [6.07, 6.45) is 5.98. The summed E-state index contributed by atoms with van der Waals surface area (Å²) in [6, 6.07) is 6.13. The minimum absolute atomic E-state index is 0. The average Bonchev–Trinajstić information content (AvgIpc) is 3.06. The van der Waals surface area contributed by atoms with Gasteiger partial charge in [0, 0.05) is 24.8 Å². The first-order chi connectivity index (χ1) is 16.0. The molecular weight excluding hydrogens is 550 g/mol. The van der Waals surface area contributed by atoms with E-state index < -0.39 is 13.9 Å². The maximum Gasteiger partial charge on any atom is 1.00 e.